The number of aliphatic imine (C=N–C) groups is 1. The summed E-state index contributed by atoms with van der Waals surface area (Å²) in [5.74, 6) is 1.44. The molecule has 0 radical (unpaired) electrons. The van der Waals surface area contributed by atoms with E-state index < -0.39 is 0 Å². The van der Waals surface area contributed by atoms with Gasteiger partial charge in [-0.05, 0) is 55.0 Å². The zero-order valence-electron chi connectivity index (χ0n) is 19.1. The van der Waals surface area contributed by atoms with Crippen molar-refractivity contribution in [2.75, 3.05) is 46.8 Å². The van der Waals surface area contributed by atoms with E-state index in [0.717, 1.165) is 50.5 Å². The Kier molecular flexibility index (Phi) is 11.5. The molecule has 3 rings (SSSR count). The lowest BCUT2D eigenvalue weighted by Crippen LogP contribution is -2.41. The van der Waals surface area contributed by atoms with E-state index in [2.05, 4.69) is 56.2 Å². The molecule has 3 N–H and O–H groups in total. The van der Waals surface area contributed by atoms with E-state index in [1.165, 1.54) is 18.5 Å². The van der Waals surface area contributed by atoms with E-state index in [9.17, 15) is 4.79 Å². The van der Waals surface area contributed by atoms with Gasteiger partial charge in [0.25, 0.3) is 5.91 Å². The lowest BCUT2D eigenvalue weighted by atomic mass is 10.1. The molecular weight excluding hydrogens is 513 g/mol. The highest BCUT2D eigenvalue weighted by molar-refractivity contribution is 14.0. The maximum absolute atomic E-state index is 11.8. The Morgan fingerprint density at radius 2 is 1.84 bits per heavy atom. The monoisotopic (exact) mass is 549 g/mol. The molecule has 1 amide bonds. The Morgan fingerprint density at radius 1 is 1.06 bits per heavy atom. The summed E-state index contributed by atoms with van der Waals surface area (Å²) >= 11 is 0. The average molecular weight is 550 g/mol. The third-order valence-corrected chi connectivity index (χ3v) is 5.83. The molecule has 7 heteroatoms. The second kappa shape index (κ2) is 14.1. The number of hydrogen-bond acceptors (Lipinski definition) is 3. The third-order valence-electron chi connectivity index (χ3n) is 5.83. The van der Waals surface area contributed by atoms with E-state index in [1.54, 1.807) is 7.05 Å². The molecule has 1 aliphatic rings. The Labute approximate surface area is 209 Å². The van der Waals surface area contributed by atoms with Crippen molar-refractivity contribution >= 4 is 35.8 Å². The SMILES string of the molecule is CN=C(NCCc1cccc(C(=O)NC)c1)NCC1CCN(CCc2ccccc2)C1.I. The molecule has 2 aromatic carbocycles. The second-order valence-corrected chi connectivity index (χ2v) is 8.10. The molecule has 1 heterocycles. The maximum Gasteiger partial charge on any atom is 0.251 e. The third kappa shape index (κ3) is 8.43. The molecule has 0 bridgehead atoms. The van der Waals surface area contributed by atoms with Gasteiger partial charge in [-0.25, -0.2) is 0 Å². The fourth-order valence-corrected chi connectivity index (χ4v) is 4.01. The van der Waals surface area contributed by atoms with Crippen LogP contribution in [0.4, 0.5) is 0 Å². The molecule has 1 atom stereocenters. The van der Waals surface area contributed by atoms with Gasteiger partial charge in [0.1, 0.15) is 0 Å². The van der Waals surface area contributed by atoms with Crippen LogP contribution < -0.4 is 16.0 Å². The van der Waals surface area contributed by atoms with Crippen molar-refractivity contribution in [2.24, 2.45) is 10.9 Å². The van der Waals surface area contributed by atoms with E-state index in [4.69, 9.17) is 0 Å². The number of hydrogen-bond donors (Lipinski definition) is 3. The summed E-state index contributed by atoms with van der Waals surface area (Å²) in [7, 11) is 3.46. The minimum atomic E-state index is -0.0540. The molecule has 1 unspecified atom stereocenters. The van der Waals surface area contributed by atoms with Crippen molar-refractivity contribution in [3.8, 4) is 0 Å². The predicted molar refractivity (Wildman–Crippen MR) is 143 cm³/mol. The van der Waals surface area contributed by atoms with Crippen LogP contribution in [0.15, 0.2) is 59.6 Å². The van der Waals surface area contributed by atoms with Crippen LogP contribution in [0.2, 0.25) is 0 Å². The van der Waals surface area contributed by atoms with Crippen molar-refractivity contribution in [3.05, 3.63) is 71.3 Å². The van der Waals surface area contributed by atoms with Gasteiger partial charge in [-0.2, -0.15) is 0 Å². The van der Waals surface area contributed by atoms with Gasteiger partial charge in [-0.15, -0.1) is 24.0 Å². The van der Waals surface area contributed by atoms with Crippen LogP contribution >= 0.6 is 24.0 Å². The van der Waals surface area contributed by atoms with Crippen molar-refractivity contribution < 1.29 is 4.79 Å². The molecule has 6 nitrogen and oxygen atoms in total. The summed E-state index contributed by atoms with van der Waals surface area (Å²) in [6.45, 7) is 5.15. The summed E-state index contributed by atoms with van der Waals surface area (Å²) < 4.78 is 0. The summed E-state index contributed by atoms with van der Waals surface area (Å²) in [4.78, 5) is 18.7. The molecule has 0 aromatic heterocycles. The van der Waals surface area contributed by atoms with Crippen LogP contribution in [0.25, 0.3) is 0 Å². The minimum Gasteiger partial charge on any atom is -0.356 e. The highest BCUT2D eigenvalue weighted by Crippen LogP contribution is 2.16. The molecule has 0 aliphatic carbocycles. The molecule has 1 aliphatic heterocycles. The molecule has 32 heavy (non-hydrogen) atoms. The Bertz CT molecular complexity index is 858. The normalized spacial score (nSPS) is 16.3. The number of amides is 1. The number of rotatable bonds is 9. The molecular formula is C25H36IN5O. The molecule has 0 spiro atoms. The van der Waals surface area contributed by atoms with Gasteiger partial charge in [-0.3, -0.25) is 9.79 Å². The molecule has 174 valence electrons. The first-order chi connectivity index (χ1) is 15.2. The topological polar surface area (TPSA) is 68.8 Å². The molecule has 0 saturated carbocycles. The standard InChI is InChI=1S/C25H35N5O.HI/c1-26-24(31)23-10-6-9-21(17-23)11-14-28-25(27-2)29-18-22-13-16-30(19-22)15-12-20-7-4-3-5-8-20;/h3-10,17,22H,11-16,18-19H2,1-2H3,(H,26,31)(H2,27,28,29);1H. The van der Waals surface area contributed by atoms with Crippen LogP contribution in [0.1, 0.15) is 27.9 Å². The van der Waals surface area contributed by atoms with Crippen LogP contribution in [0.5, 0.6) is 0 Å². The Hall–Kier alpha value is -2.13. The highest BCUT2D eigenvalue weighted by Gasteiger charge is 2.22. The summed E-state index contributed by atoms with van der Waals surface area (Å²) in [6, 6.07) is 18.5. The zero-order valence-corrected chi connectivity index (χ0v) is 21.5. The number of benzene rings is 2. The quantitative estimate of drug-likeness (QED) is 0.256. The first-order valence-electron chi connectivity index (χ1n) is 11.2. The van der Waals surface area contributed by atoms with Gasteiger partial charge >= 0.3 is 0 Å². The van der Waals surface area contributed by atoms with Crippen LogP contribution in [0.3, 0.4) is 0 Å². The van der Waals surface area contributed by atoms with Gasteiger partial charge in [0, 0.05) is 45.8 Å². The minimum absolute atomic E-state index is 0. The van der Waals surface area contributed by atoms with E-state index in [0.29, 0.717) is 11.5 Å². The predicted octanol–water partition coefficient (Wildman–Crippen LogP) is 2.94. The van der Waals surface area contributed by atoms with E-state index >= 15 is 0 Å². The highest BCUT2D eigenvalue weighted by atomic mass is 127. The summed E-state index contributed by atoms with van der Waals surface area (Å²) in [6.07, 6.45) is 3.18. The number of nitrogens with one attached hydrogen (secondary N) is 3. The van der Waals surface area contributed by atoms with Crippen molar-refractivity contribution in [1.82, 2.24) is 20.9 Å². The number of nitrogens with zero attached hydrogens (tertiary/aromatic N) is 2. The van der Waals surface area contributed by atoms with Crippen LogP contribution in [-0.4, -0.2) is 63.6 Å². The number of halogens is 1. The zero-order chi connectivity index (χ0) is 21.9. The Morgan fingerprint density at radius 3 is 2.59 bits per heavy atom. The van der Waals surface area contributed by atoms with Crippen molar-refractivity contribution in [2.45, 2.75) is 19.3 Å². The first kappa shape index (κ1) is 26.1. The number of guanidine groups is 1. The van der Waals surface area contributed by atoms with Gasteiger partial charge in [0.15, 0.2) is 5.96 Å². The van der Waals surface area contributed by atoms with Crippen molar-refractivity contribution in [3.63, 3.8) is 0 Å². The fourth-order valence-electron chi connectivity index (χ4n) is 4.01. The number of carbonyl (C=O) groups is 1. The van der Waals surface area contributed by atoms with Gasteiger partial charge in [0.2, 0.25) is 0 Å². The number of carbonyl (C=O) groups excluding carboxylic acids is 1. The second-order valence-electron chi connectivity index (χ2n) is 8.10. The van der Waals surface area contributed by atoms with Crippen LogP contribution in [-0.2, 0) is 12.8 Å². The lowest BCUT2D eigenvalue weighted by molar-refractivity contribution is 0.0963. The summed E-state index contributed by atoms with van der Waals surface area (Å²) in [5, 5.41) is 9.53. The maximum atomic E-state index is 11.8. The van der Waals surface area contributed by atoms with Gasteiger partial charge in [0.05, 0.1) is 0 Å². The first-order valence-corrected chi connectivity index (χ1v) is 11.2. The lowest BCUT2D eigenvalue weighted by Gasteiger charge is -2.17. The molecule has 2 aromatic rings. The fraction of sp³-hybridized carbons (Fsp3) is 0.440. The largest absolute Gasteiger partial charge is 0.356 e. The van der Waals surface area contributed by atoms with E-state index in [-0.39, 0.29) is 29.9 Å². The summed E-state index contributed by atoms with van der Waals surface area (Å²) in [5.41, 5.74) is 3.24. The van der Waals surface area contributed by atoms with Gasteiger partial charge in [-0.1, -0.05) is 42.5 Å². The molecule has 1 saturated heterocycles. The Balaban J connectivity index is 0.00000363. The van der Waals surface area contributed by atoms with Crippen LogP contribution in [0, 0.1) is 5.92 Å². The van der Waals surface area contributed by atoms with Crippen molar-refractivity contribution in [1.29, 1.82) is 0 Å². The van der Waals surface area contributed by atoms with E-state index in [1.807, 2.05) is 31.3 Å². The smallest absolute Gasteiger partial charge is 0.251 e. The number of likely N-dealkylation sites (tertiary alicyclic amines) is 1. The molecule has 1 fully saturated rings. The van der Waals surface area contributed by atoms with Gasteiger partial charge < -0.3 is 20.9 Å². The average Bonchev–Trinajstić information content (AvgIpc) is 3.28.